The van der Waals surface area contributed by atoms with Crippen molar-refractivity contribution >= 4 is 39.8 Å². The van der Waals surface area contributed by atoms with E-state index in [1.54, 1.807) is 0 Å². The van der Waals surface area contributed by atoms with E-state index in [2.05, 4.69) is 63.6 Å². The minimum atomic E-state index is -1.01. The summed E-state index contributed by atoms with van der Waals surface area (Å²) < 4.78 is 20.4. The molecule has 1 aromatic heterocycles. The lowest BCUT2D eigenvalue weighted by atomic mass is 10.0. The molecule has 0 spiro atoms. The van der Waals surface area contributed by atoms with Crippen molar-refractivity contribution in [3.8, 4) is 12.1 Å². The van der Waals surface area contributed by atoms with Gasteiger partial charge in [0.25, 0.3) is 5.91 Å². The van der Waals surface area contributed by atoms with Crippen molar-refractivity contribution in [3.05, 3.63) is 65.1 Å². The Morgan fingerprint density at radius 3 is 2.57 bits per heavy atom. The molecule has 3 aromatic rings. The number of ether oxygens (including phenoxy) is 1. The molecule has 0 unspecified atom stereocenters. The number of halogens is 2. The van der Waals surface area contributed by atoms with Gasteiger partial charge in [-0.15, -0.1) is 0 Å². The Hall–Kier alpha value is -3.98. The number of likely N-dealkylation sites (N-methyl/N-ethyl adjacent to an activating group) is 1. The average Bonchev–Trinajstić information content (AvgIpc) is 3.88. The summed E-state index contributed by atoms with van der Waals surface area (Å²) in [7, 11) is 2.16. The van der Waals surface area contributed by atoms with Crippen LogP contribution in [0.3, 0.4) is 0 Å². The van der Waals surface area contributed by atoms with Crippen molar-refractivity contribution in [2.24, 2.45) is 0 Å². The zero-order valence-electron chi connectivity index (χ0n) is 26.8. The third-order valence-corrected chi connectivity index (χ3v) is 10.6. The SMILES string of the molecule is C=C(F)C(=O)N1CCN(c2nc(OCC3(N4CCN(C)CC4)CC3)nc3c2CCN(c2cccc4cccc(Cl)c24)C3)C[C@@H]1CC#N. The number of benzene rings is 2. The number of piperazine rings is 2. The van der Waals surface area contributed by atoms with Gasteiger partial charge in [-0.25, -0.2) is 4.39 Å². The number of anilines is 2. The second-order valence-electron chi connectivity index (χ2n) is 13.2. The normalized spacial score (nSPS) is 21.3. The van der Waals surface area contributed by atoms with Crippen LogP contribution in [-0.2, 0) is 17.8 Å². The number of carbonyl (C=O) groups excluding carboxylic acids is 1. The van der Waals surface area contributed by atoms with E-state index in [-0.39, 0.29) is 18.5 Å². The number of amides is 1. The highest BCUT2D eigenvalue weighted by atomic mass is 35.5. The predicted octanol–water partition coefficient (Wildman–Crippen LogP) is 4.42. The maximum Gasteiger partial charge on any atom is 0.318 e. The number of fused-ring (bicyclic) bond motifs is 2. The van der Waals surface area contributed by atoms with Crippen LogP contribution in [0.4, 0.5) is 15.9 Å². The maximum absolute atomic E-state index is 13.9. The maximum atomic E-state index is 13.9. The first-order valence-electron chi connectivity index (χ1n) is 16.4. The van der Waals surface area contributed by atoms with Crippen LogP contribution in [0.1, 0.15) is 30.5 Å². The highest BCUT2D eigenvalue weighted by molar-refractivity contribution is 6.36. The molecule has 12 heteroatoms. The molecule has 47 heavy (non-hydrogen) atoms. The number of nitriles is 1. The first kappa shape index (κ1) is 31.6. The summed E-state index contributed by atoms with van der Waals surface area (Å²) >= 11 is 6.72. The summed E-state index contributed by atoms with van der Waals surface area (Å²) in [5.74, 6) is -1.01. The summed E-state index contributed by atoms with van der Waals surface area (Å²) in [6.45, 7) is 10.2. The molecule has 4 heterocycles. The van der Waals surface area contributed by atoms with Crippen molar-refractivity contribution in [1.82, 2.24) is 24.7 Å². The Labute approximate surface area is 279 Å². The van der Waals surface area contributed by atoms with Gasteiger partial charge in [-0.1, -0.05) is 42.4 Å². The van der Waals surface area contributed by atoms with Gasteiger partial charge >= 0.3 is 6.01 Å². The van der Waals surface area contributed by atoms with Crippen LogP contribution in [0.5, 0.6) is 6.01 Å². The van der Waals surface area contributed by atoms with Crippen molar-refractivity contribution in [3.63, 3.8) is 0 Å². The van der Waals surface area contributed by atoms with Crippen molar-refractivity contribution in [2.45, 2.75) is 43.8 Å². The minimum Gasteiger partial charge on any atom is -0.461 e. The van der Waals surface area contributed by atoms with Crippen molar-refractivity contribution in [2.75, 3.05) is 75.8 Å². The molecular weight excluding hydrogens is 619 g/mol. The van der Waals surface area contributed by atoms with Gasteiger partial charge in [-0.05, 0) is 43.8 Å². The molecule has 246 valence electrons. The molecule has 3 aliphatic heterocycles. The molecule has 1 amide bonds. The lowest BCUT2D eigenvalue weighted by molar-refractivity contribution is -0.131. The zero-order chi connectivity index (χ0) is 32.7. The van der Waals surface area contributed by atoms with Crippen LogP contribution >= 0.6 is 11.6 Å². The van der Waals surface area contributed by atoms with Gasteiger partial charge in [-0.2, -0.15) is 15.2 Å². The third-order valence-electron chi connectivity index (χ3n) is 10.3. The first-order chi connectivity index (χ1) is 22.8. The number of rotatable bonds is 8. The monoisotopic (exact) mass is 658 g/mol. The molecule has 0 radical (unpaired) electrons. The number of aromatic nitrogens is 2. The van der Waals surface area contributed by atoms with Gasteiger partial charge in [0.05, 0.1) is 41.3 Å². The summed E-state index contributed by atoms with van der Waals surface area (Å²) in [6, 6.07) is 14.2. The third kappa shape index (κ3) is 6.22. The molecule has 1 saturated carbocycles. The second kappa shape index (κ2) is 12.9. The van der Waals surface area contributed by atoms with Gasteiger partial charge in [0.1, 0.15) is 12.4 Å². The average molecular weight is 659 g/mol. The van der Waals surface area contributed by atoms with E-state index in [4.69, 9.17) is 26.3 Å². The van der Waals surface area contributed by atoms with Crippen LogP contribution < -0.4 is 14.5 Å². The molecule has 0 N–H and O–H groups in total. The standard InChI is InChI=1S/C35H40ClFN8O2/c1-24(37)33(46)45-20-17-43(21-26(45)9-13-38)32-27-10-14-42(30-8-4-6-25-5-3-7-28(36)31(25)30)22-29(27)39-34(40-32)47-23-35(11-12-35)44-18-15-41(2)16-19-44/h3-8,26H,1,9-12,14-23H2,2H3/t26-/m0/s1. The number of nitrogens with zero attached hydrogens (tertiary/aromatic N) is 8. The molecule has 4 aliphatic rings. The van der Waals surface area contributed by atoms with Crippen molar-refractivity contribution < 1.29 is 13.9 Å². The van der Waals surface area contributed by atoms with Crippen LogP contribution in [0.25, 0.3) is 10.8 Å². The van der Waals surface area contributed by atoms with Gasteiger partial charge in [0.2, 0.25) is 0 Å². The number of carbonyl (C=O) groups is 1. The topological polar surface area (TPSA) is 92.1 Å². The molecule has 0 bridgehead atoms. The summed E-state index contributed by atoms with van der Waals surface area (Å²) in [5, 5.41) is 12.4. The van der Waals surface area contributed by atoms with Gasteiger partial charge in [0.15, 0.2) is 5.83 Å². The first-order valence-corrected chi connectivity index (χ1v) is 16.8. The van der Waals surface area contributed by atoms with Gasteiger partial charge < -0.3 is 24.3 Å². The number of hydrogen-bond acceptors (Lipinski definition) is 9. The Kier molecular flexibility index (Phi) is 8.68. The van der Waals surface area contributed by atoms with Crippen LogP contribution in [0.2, 0.25) is 5.02 Å². The fourth-order valence-corrected chi connectivity index (χ4v) is 7.67. The van der Waals surface area contributed by atoms with E-state index >= 15 is 0 Å². The lowest BCUT2D eigenvalue weighted by Crippen LogP contribution is -2.55. The van der Waals surface area contributed by atoms with Crippen LogP contribution in [0.15, 0.2) is 48.8 Å². The minimum absolute atomic E-state index is 0.0189. The van der Waals surface area contributed by atoms with Gasteiger partial charge in [0, 0.05) is 69.0 Å². The highest BCUT2D eigenvalue weighted by Crippen LogP contribution is 2.43. The lowest BCUT2D eigenvalue weighted by Gasteiger charge is -2.42. The highest BCUT2D eigenvalue weighted by Gasteiger charge is 2.49. The molecule has 7 rings (SSSR count). The van der Waals surface area contributed by atoms with E-state index in [1.807, 2.05) is 12.1 Å². The summed E-state index contributed by atoms with van der Waals surface area (Å²) in [6.07, 6.45) is 2.96. The molecule has 1 aliphatic carbocycles. The Morgan fingerprint density at radius 2 is 1.85 bits per heavy atom. The van der Waals surface area contributed by atoms with Crippen LogP contribution in [-0.4, -0.2) is 108 Å². The number of hydrogen-bond donors (Lipinski definition) is 0. The van der Waals surface area contributed by atoms with Crippen LogP contribution in [0, 0.1) is 11.3 Å². The molecule has 1 atom stereocenters. The molecular formula is C35H40ClFN8O2. The largest absolute Gasteiger partial charge is 0.461 e. The molecule has 2 aromatic carbocycles. The van der Waals surface area contributed by atoms with E-state index in [9.17, 15) is 14.4 Å². The van der Waals surface area contributed by atoms with Gasteiger partial charge in [-0.3, -0.25) is 9.69 Å². The fraction of sp³-hybridized carbons (Fsp3) is 0.486. The molecule has 10 nitrogen and oxygen atoms in total. The molecule has 3 fully saturated rings. The Bertz CT molecular complexity index is 1730. The van der Waals surface area contributed by atoms with E-state index < -0.39 is 17.8 Å². The van der Waals surface area contributed by atoms with E-state index in [0.29, 0.717) is 43.7 Å². The second-order valence-corrected chi connectivity index (χ2v) is 13.6. The zero-order valence-corrected chi connectivity index (χ0v) is 27.6. The predicted molar refractivity (Wildman–Crippen MR) is 180 cm³/mol. The van der Waals surface area contributed by atoms with E-state index in [0.717, 1.165) is 79.1 Å². The molecule has 2 saturated heterocycles. The summed E-state index contributed by atoms with van der Waals surface area (Å²) in [4.78, 5) is 33.4. The fourth-order valence-electron chi connectivity index (χ4n) is 7.39. The smallest absolute Gasteiger partial charge is 0.318 e. The van der Waals surface area contributed by atoms with E-state index in [1.165, 1.54) is 4.90 Å². The summed E-state index contributed by atoms with van der Waals surface area (Å²) in [5.41, 5.74) is 2.99. The quantitative estimate of drug-likeness (QED) is 0.326. The Balaban J connectivity index is 1.20. The van der Waals surface area contributed by atoms with Crippen molar-refractivity contribution in [1.29, 1.82) is 5.26 Å². The Morgan fingerprint density at radius 1 is 1.09 bits per heavy atom.